The molecule has 3 heterocycles. The van der Waals surface area contributed by atoms with Crippen molar-refractivity contribution in [1.29, 1.82) is 0 Å². The molecule has 0 aromatic carbocycles. The van der Waals surface area contributed by atoms with E-state index in [1.165, 1.54) is 4.90 Å². The highest BCUT2D eigenvalue weighted by molar-refractivity contribution is 5.73. The summed E-state index contributed by atoms with van der Waals surface area (Å²) in [7, 11) is 1.68. The molecule has 3 aromatic rings. The molecular formula is C18H23N7O2. The highest BCUT2D eigenvalue weighted by Gasteiger charge is 2.16. The molecule has 1 unspecified atom stereocenters. The van der Waals surface area contributed by atoms with Crippen LogP contribution in [0.2, 0.25) is 0 Å². The predicted molar refractivity (Wildman–Crippen MR) is 98.8 cm³/mol. The van der Waals surface area contributed by atoms with Crippen molar-refractivity contribution in [2.75, 3.05) is 13.6 Å². The molecule has 0 saturated heterocycles. The van der Waals surface area contributed by atoms with Crippen molar-refractivity contribution in [3.05, 3.63) is 47.9 Å². The lowest BCUT2D eigenvalue weighted by Crippen LogP contribution is -2.39. The van der Waals surface area contributed by atoms with E-state index in [-0.39, 0.29) is 18.6 Å². The Morgan fingerprint density at radius 1 is 1.33 bits per heavy atom. The van der Waals surface area contributed by atoms with Crippen LogP contribution >= 0.6 is 0 Å². The number of amides is 2. The third-order valence-electron chi connectivity index (χ3n) is 4.14. The van der Waals surface area contributed by atoms with E-state index in [0.29, 0.717) is 18.3 Å². The summed E-state index contributed by atoms with van der Waals surface area (Å²) in [6.07, 6.45) is 3.32. The molecule has 0 aliphatic rings. The number of pyridine rings is 1. The minimum atomic E-state index is -0.216. The van der Waals surface area contributed by atoms with Gasteiger partial charge >= 0.3 is 6.03 Å². The van der Waals surface area contributed by atoms with Gasteiger partial charge in [0.25, 0.3) is 0 Å². The topological polar surface area (TPSA) is 102 Å². The maximum Gasteiger partial charge on any atom is 0.317 e. The molecule has 0 bridgehead atoms. The Bertz CT molecular complexity index is 904. The normalized spacial score (nSPS) is 12.0. The monoisotopic (exact) mass is 369 g/mol. The second kappa shape index (κ2) is 7.98. The molecular weight excluding hydrogens is 346 g/mol. The molecule has 1 N–H and O–H groups in total. The van der Waals surface area contributed by atoms with E-state index in [0.717, 1.165) is 17.0 Å². The van der Waals surface area contributed by atoms with Crippen LogP contribution in [0.4, 0.5) is 4.79 Å². The second-order valence-electron chi connectivity index (χ2n) is 6.51. The summed E-state index contributed by atoms with van der Waals surface area (Å²) in [6, 6.07) is 5.45. The summed E-state index contributed by atoms with van der Waals surface area (Å²) < 4.78 is 7.15. The van der Waals surface area contributed by atoms with Gasteiger partial charge in [-0.3, -0.25) is 9.67 Å². The van der Waals surface area contributed by atoms with E-state index in [4.69, 9.17) is 4.52 Å². The molecule has 3 rings (SSSR count). The maximum atomic E-state index is 12.3. The Balaban J connectivity index is 1.53. The number of hydrogen-bond donors (Lipinski definition) is 1. The van der Waals surface area contributed by atoms with Crippen molar-refractivity contribution in [2.24, 2.45) is 0 Å². The van der Waals surface area contributed by atoms with E-state index in [9.17, 15) is 4.79 Å². The molecule has 0 saturated carbocycles. The number of nitrogens with one attached hydrogen (secondary N) is 1. The fourth-order valence-corrected chi connectivity index (χ4v) is 2.76. The van der Waals surface area contributed by atoms with Crippen molar-refractivity contribution >= 4 is 6.03 Å². The Kier molecular flexibility index (Phi) is 5.49. The zero-order valence-electron chi connectivity index (χ0n) is 15.9. The van der Waals surface area contributed by atoms with Crippen LogP contribution in [0.25, 0.3) is 11.4 Å². The molecule has 0 fully saturated rings. The fourth-order valence-electron chi connectivity index (χ4n) is 2.76. The maximum absolute atomic E-state index is 12.3. The van der Waals surface area contributed by atoms with E-state index >= 15 is 0 Å². The van der Waals surface area contributed by atoms with Gasteiger partial charge in [0.2, 0.25) is 11.7 Å². The predicted octanol–water partition coefficient (Wildman–Crippen LogP) is 2.35. The van der Waals surface area contributed by atoms with Gasteiger partial charge in [0, 0.05) is 37.2 Å². The van der Waals surface area contributed by atoms with E-state index < -0.39 is 0 Å². The number of carbonyl (C=O) groups excluding carboxylic acids is 1. The summed E-state index contributed by atoms with van der Waals surface area (Å²) in [5.41, 5.74) is 2.84. The highest BCUT2D eigenvalue weighted by atomic mass is 16.5. The second-order valence-corrected chi connectivity index (χ2v) is 6.51. The molecule has 0 aliphatic heterocycles. The zero-order chi connectivity index (χ0) is 19.4. The van der Waals surface area contributed by atoms with Crippen LogP contribution < -0.4 is 5.32 Å². The fraction of sp³-hybridized carbons (Fsp3) is 0.389. The van der Waals surface area contributed by atoms with Crippen molar-refractivity contribution in [2.45, 2.75) is 33.4 Å². The van der Waals surface area contributed by atoms with Crippen molar-refractivity contribution in [3.8, 4) is 11.4 Å². The first kappa shape index (κ1) is 18.6. The van der Waals surface area contributed by atoms with Gasteiger partial charge in [-0.2, -0.15) is 10.1 Å². The molecule has 0 aliphatic carbocycles. The number of carbonyl (C=O) groups is 1. The Morgan fingerprint density at radius 2 is 2.07 bits per heavy atom. The summed E-state index contributed by atoms with van der Waals surface area (Å²) in [5, 5.41) is 11.3. The Morgan fingerprint density at radius 3 is 2.74 bits per heavy atom. The molecule has 0 radical (unpaired) electrons. The Labute approximate surface area is 157 Å². The molecule has 27 heavy (non-hydrogen) atoms. The van der Waals surface area contributed by atoms with E-state index in [1.807, 2.05) is 31.5 Å². The van der Waals surface area contributed by atoms with E-state index in [1.54, 1.807) is 31.6 Å². The molecule has 142 valence electrons. The van der Waals surface area contributed by atoms with Crippen molar-refractivity contribution in [1.82, 2.24) is 35.1 Å². The van der Waals surface area contributed by atoms with E-state index in [2.05, 4.69) is 25.5 Å². The smallest absolute Gasteiger partial charge is 0.317 e. The summed E-state index contributed by atoms with van der Waals surface area (Å²) in [5.74, 6) is 0.838. The molecule has 0 spiro atoms. The average Bonchev–Trinajstić information content (AvgIpc) is 3.26. The zero-order valence-corrected chi connectivity index (χ0v) is 15.9. The first-order valence-corrected chi connectivity index (χ1v) is 8.68. The lowest BCUT2D eigenvalue weighted by molar-refractivity contribution is 0.197. The van der Waals surface area contributed by atoms with Gasteiger partial charge in [-0.15, -0.1) is 0 Å². The first-order valence-electron chi connectivity index (χ1n) is 8.68. The molecule has 9 nitrogen and oxygen atoms in total. The van der Waals surface area contributed by atoms with Gasteiger partial charge in [-0.1, -0.05) is 5.16 Å². The minimum Gasteiger partial charge on any atom is -0.337 e. The largest absolute Gasteiger partial charge is 0.337 e. The summed E-state index contributed by atoms with van der Waals surface area (Å²) in [4.78, 5) is 22.1. The molecule has 2 amide bonds. The summed E-state index contributed by atoms with van der Waals surface area (Å²) >= 11 is 0. The van der Waals surface area contributed by atoms with Crippen LogP contribution in [0.5, 0.6) is 0 Å². The third kappa shape index (κ3) is 4.49. The van der Waals surface area contributed by atoms with Gasteiger partial charge in [0.1, 0.15) is 6.54 Å². The minimum absolute atomic E-state index is 0.0535. The third-order valence-corrected chi connectivity index (χ3v) is 4.14. The summed E-state index contributed by atoms with van der Waals surface area (Å²) in [6.45, 7) is 6.65. The number of aromatic nitrogens is 5. The lowest BCUT2D eigenvalue weighted by Gasteiger charge is -2.19. The van der Waals surface area contributed by atoms with Crippen LogP contribution in [-0.4, -0.2) is 49.4 Å². The van der Waals surface area contributed by atoms with Crippen LogP contribution in [0.1, 0.15) is 30.2 Å². The van der Waals surface area contributed by atoms with Crippen LogP contribution in [0.15, 0.2) is 35.1 Å². The number of urea groups is 1. The number of nitrogens with zero attached hydrogens (tertiary/aromatic N) is 6. The van der Waals surface area contributed by atoms with Gasteiger partial charge in [-0.05, 0) is 39.0 Å². The number of aryl methyl sites for hydroxylation is 2. The van der Waals surface area contributed by atoms with Crippen molar-refractivity contribution < 1.29 is 9.32 Å². The Hall–Kier alpha value is -3.23. The van der Waals surface area contributed by atoms with Gasteiger partial charge in [0.05, 0.1) is 11.7 Å². The molecule has 3 aromatic heterocycles. The quantitative estimate of drug-likeness (QED) is 0.715. The van der Waals surface area contributed by atoms with Crippen molar-refractivity contribution in [3.63, 3.8) is 0 Å². The van der Waals surface area contributed by atoms with Crippen LogP contribution in [0.3, 0.4) is 0 Å². The van der Waals surface area contributed by atoms with Gasteiger partial charge in [0.15, 0.2) is 0 Å². The number of rotatable bonds is 6. The van der Waals surface area contributed by atoms with Gasteiger partial charge < -0.3 is 14.7 Å². The number of hydrogen-bond acceptors (Lipinski definition) is 6. The molecule has 9 heteroatoms. The average molecular weight is 369 g/mol. The lowest BCUT2D eigenvalue weighted by atomic mass is 10.2. The first-order chi connectivity index (χ1) is 12.9. The van der Waals surface area contributed by atoms with Crippen LogP contribution in [-0.2, 0) is 6.54 Å². The van der Waals surface area contributed by atoms with Gasteiger partial charge in [-0.25, -0.2) is 4.79 Å². The van der Waals surface area contributed by atoms with Crippen LogP contribution in [0, 0.1) is 13.8 Å². The highest BCUT2D eigenvalue weighted by Crippen LogP contribution is 2.15. The standard InChI is InChI=1S/C18H23N7O2/c1-12-9-13(2)25(22-12)14(3)10-20-18(26)24(4)11-16-21-17(23-27-16)15-5-7-19-8-6-15/h5-9,14H,10-11H2,1-4H3,(H,20,26). The molecule has 1 atom stereocenters. The SMILES string of the molecule is Cc1cc(C)n(C(C)CNC(=O)N(C)Cc2nc(-c3ccncc3)no2)n1.